The van der Waals surface area contributed by atoms with Gasteiger partial charge in [0, 0.05) is 11.8 Å². The molecule has 2 aliphatic carbocycles. The van der Waals surface area contributed by atoms with Gasteiger partial charge in [0.15, 0.2) is 5.71 Å². The van der Waals surface area contributed by atoms with E-state index in [-0.39, 0.29) is 0 Å². The highest BCUT2D eigenvalue weighted by atomic mass is 79.9. The lowest BCUT2D eigenvalue weighted by Gasteiger charge is -2.33. The molecule has 0 aromatic carbocycles. The Morgan fingerprint density at radius 2 is 2.25 bits per heavy atom. The van der Waals surface area contributed by atoms with E-state index in [9.17, 15) is 0 Å². The fraction of sp³-hybridized carbons (Fsp3) is 0.900. The van der Waals surface area contributed by atoms with Crippen LogP contribution in [0, 0.1) is 16.7 Å². The van der Waals surface area contributed by atoms with E-state index in [0.717, 1.165) is 11.2 Å². The van der Waals surface area contributed by atoms with Gasteiger partial charge in [-0.15, -0.1) is 0 Å². The van der Waals surface area contributed by atoms with Crippen molar-refractivity contribution in [2.45, 2.75) is 33.1 Å². The topological polar surface area (TPSA) is 25.6 Å². The average molecular weight is 231 g/mol. The molecule has 0 radical (unpaired) electrons. The zero-order valence-corrected chi connectivity index (χ0v) is 9.45. The van der Waals surface area contributed by atoms with Crippen molar-refractivity contribution in [1.29, 1.82) is 0 Å². The molecule has 2 bridgehead atoms. The van der Waals surface area contributed by atoms with Gasteiger partial charge in [-0.2, -0.15) is 0 Å². The number of nitrogens with two attached hydrogens (primary N) is 1. The van der Waals surface area contributed by atoms with Gasteiger partial charge in [0.2, 0.25) is 0 Å². The molecule has 2 saturated carbocycles. The lowest BCUT2D eigenvalue weighted by Crippen LogP contribution is -2.50. The van der Waals surface area contributed by atoms with Crippen molar-refractivity contribution < 1.29 is 5.41 Å². The highest BCUT2D eigenvalue weighted by Crippen LogP contribution is 2.63. The maximum atomic E-state index is 6.10. The van der Waals surface area contributed by atoms with Crippen LogP contribution >= 0.6 is 15.9 Å². The van der Waals surface area contributed by atoms with E-state index < -0.39 is 0 Å². The first kappa shape index (κ1) is 8.74. The zero-order valence-electron chi connectivity index (χ0n) is 7.86. The summed E-state index contributed by atoms with van der Waals surface area (Å²) in [7, 11) is 0. The highest BCUT2D eigenvalue weighted by molar-refractivity contribution is 9.09. The lowest BCUT2D eigenvalue weighted by molar-refractivity contribution is -0.128. The van der Waals surface area contributed by atoms with Crippen LogP contribution in [0.1, 0.15) is 33.1 Å². The molecule has 0 aromatic rings. The first-order valence-corrected chi connectivity index (χ1v) is 5.84. The van der Waals surface area contributed by atoms with Gasteiger partial charge in [-0.05, 0) is 31.1 Å². The predicted octanol–water partition coefficient (Wildman–Crippen LogP) is 1.41. The molecule has 0 amide bonds. The molecule has 0 saturated heterocycles. The van der Waals surface area contributed by atoms with Crippen LogP contribution in [0.3, 0.4) is 0 Å². The van der Waals surface area contributed by atoms with Crippen molar-refractivity contribution in [3.05, 3.63) is 0 Å². The van der Waals surface area contributed by atoms with Gasteiger partial charge in [-0.1, -0.05) is 22.9 Å². The number of hydrogen-bond donors (Lipinski definition) is 1. The van der Waals surface area contributed by atoms with Crippen molar-refractivity contribution in [1.82, 2.24) is 0 Å². The molecule has 1 nitrogen and oxygen atoms in total. The van der Waals surface area contributed by atoms with Gasteiger partial charge in [-0.3, -0.25) is 5.41 Å². The van der Waals surface area contributed by atoms with E-state index in [1.54, 1.807) is 0 Å². The molecule has 0 heterocycles. The van der Waals surface area contributed by atoms with Crippen LogP contribution in [0.4, 0.5) is 0 Å². The summed E-state index contributed by atoms with van der Waals surface area (Å²) in [6, 6.07) is 0. The Labute approximate surface area is 82.6 Å². The normalized spacial score (nSPS) is 51.9. The number of halogens is 1. The maximum absolute atomic E-state index is 6.10. The molecule has 68 valence electrons. The molecule has 2 N–H and O–H groups in total. The average Bonchev–Trinajstić information content (AvgIpc) is 2.39. The number of rotatable bonds is 1. The second kappa shape index (κ2) is 2.34. The van der Waals surface area contributed by atoms with Crippen molar-refractivity contribution in [3.8, 4) is 0 Å². The van der Waals surface area contributed by atoms with Crippen molar-refractivity contribution in [3.63, 3.8) is 0 Å². The SMILES string of the molecule is CC12CCC(CC1=[NH2+])C2(C)CBr. The minimum Gasteiger partial charge on any atom is -0.261 e. The van der Waals surface area contributed by atoms with Gasteiger partial charge >= 0.3 is 0 Å². The van der Waals surface area contributed by atoms with Gasteiger partial charge in [0.25, 0.3) is 0 Å². The Kier molecular flexibility index (Phi) is 1.70. The van der Waals surface area contributed by atoms with E-state index in [1.807, 2.05) is 0 Å². The van der Waals surface area contributed by atoms with Crippen LogP contribution in [0.2, 0.25) is 0 Å². The number of hydrogen-bond acceptors (Lipinski definition) is 0. The van der Waals surface area contributed by atoms with E-state index in [0.29, 0.717) is 10.8 Å². The number of alkyl halides is 1. The molecule has 2 heteroatoms. The molecular formula is C10H17BrN+. The largest absolute Gasteiger partial charge is 0.261 e. The van der Waals surface area contributed by atoms with Crippen LogP contribution in [-0.2, 0) is 0 Å². The Hall–Kier alpha value is 0.150. The van der Waals surface area contributed by atoms with Crippen molar-refractivity contribution in [2.24, 2.45) is 16.7 Å². The minimum atomic E-state index is 0.321. The van der Waals surface area contributed by atoms with Gasteiger partial charge in [-0.25, -0.2) is 0 Å². The van der Waals surface area contributed by atoms with Crippen LogP contribution in [-0.4, -0.2) is 11.0 Å². The van der Waals surface area contributed by atoms with Crippen molar-refractivity contribution in [2.75, 3.05) is 5.33 Å². The first-order valence-electron chi connectivity index (χ1n) is 4.72. The summed E-state index contributed by atoms with van der Waals surface area (Å²) in [6.07, 6.45) is 3.84. The monoisotopic (exact) mass is 230 g/mol. The maximum Gasteiger partial charge on any atom is 0.155 e. The quantitative estimate of drug-likeness (QED) is 0.660. The second-order valence-electron chi connectivity index (χ2n) is 4.85. The smallest absolute Gasteiger partial charge is 0.155 e. The fourth-order valence-electron chi connectivity index (χ4n) is 3.12. The third-order valence-corrected chi connectivity index (χ3v) is 5.77. The molecule has 12 heavy (non-hydrogen) atoms. The van der Waals surface area contributed by atoms with Crippen LogP contribution in [0.25, 0.3) is 0 Å². The summed E-state index contributed by atoms with van der Waals surface area (Å²) in [5.74, 6) is 0.835. The molecule has 0 aromatic heterocycles. The second-order valence-corrected chi connectivity index (χ2v) is 5.41. The summed E-state index contributed by atoms with van der Waals surface area (Å²) < 4.78 is 0. The zero-order chi connectivity index (χ0) is 8.98. The fourth-order valence-corrected chi connectivity index (χ4v) is 4.20. The molecule has 3 atom stereocenters. The lowest BCUT2D eigenvalue weighted by atomic mass is 9.70. The van der Waals surface area contributed by atoms with E-state index in [2.05, 4.69) is 29.8 Å². The molecule has 2 fully saturated rings. The van der Waals surface area contributed by atoms with E-state index >= 15 is 0 Å². The third kappa shape index (κ3) is 0.729. The summed E-state index contributed by atoms with van der Waals surface area (Å²) >= 11 is 3.65. The Balaban J connectivity index is 2.44. The predicted molar refractivity (Wildman–Crippen MR) is 54.3 cm³/mol. The number of fused-ring (bicyclic) bond motifs is 2. The Morgan fingerprint density at radius 1 is 1.58 bits per heavy atom. The van der Waals surface area contributed by atoms with Crippen LogP contribution < -0.4 is 5.41 Å². The van der Waals surface area contributed by atoms with E-state index in [4.69, 9.17) is 5.41 Å². The summed E-state index contributed by atoms with van der Waals surface area (Å²) in [5.41, 5.74) is 2.00. The van der Waals surface area contributed by atoms with E-state index in [1.165, 1.54) is 25.0 Å². The van der Waals surface area contributed by atoms with Gasteiger partial charge in [0.05, 0.1) is 5.41 Å². The summed E-state index contributed by atoms with van der Waals surface area (Å²) in [6.45, 7) is 4.73. The van der Waals surface area contributed by atoms with Crippen molar-refractivity contribution >= 4 is 21.6 Å². The van der Waals surface area contributed by atoms with Crippen LogP contribution in [0.15, 0.2) is 0 Å². The Bertz CT molecular complexity index is 238. The molecule has 0 aliphatic heterocycles. The van der Waals surface area contributed by atoms with Gasteiger partial charge < -0.3 is 0 Å². The van der Waals surface area contributed by atoms with Gasteiger partial charge in [0.1, 0.15) is 0 Å². The van der Waals surface area contributed by atoms with Crippen LogP contribution in [0.5, 0.6) is 0 Å². The highest BCUT2D eigenvalue weighted by Gasteiger charge is 2.63. The molecule has 3 unspecified atom stereocenters. The summed E-state index contributed by atoms with van der Waals surface area (Å²) in [5, 5.41) is 7.20. The Morgan fingerprint density at radius 3 is 2.50 bits per heavy atom. The minimum absolute atomic E-state index is 0.321. The standard InChI is InChI=1S/C10H16BrN/c1-9-4-3-7(5-8(9)12)10(9,2)6-11/h7,12H,3-6H2,1-2H3/p+1. The molecule has 0 spiro atoms. The molecular weight excluding hydrogens is 214 g/mol. The molecule has 2 aliphatic rings. The summed E-state index contributed by atoms with van der Waals surface area (Å²) in [4.78, 5) is 0. The first-order chi connectivity index (χ1) is 5.54. The molecule has 2 rings (SSSR count). The third-order valence-electron chi connectivity index (χ3n) is 4.61.